The van der Waals surface area contributed by atoms with Gasteiger partial charge in [-0.05, 0) is 65.7 Å². The summed E-state index contributed by atoms with van der Waals surface area (Å²) < 4.78 is 5.73. The summed E-state index contributed by atoms with van der Waals surface area (Å²) in [5.41, 5.74) is 3.03. The van der Waals surface area contributed by atoms with Gasteiger partial charge in [0.05, 0.1) is 5.69 Å². The number of rotatable bonds is 6. The van der Waals surface area contributed by atoms with Crippen molar-refractivity contribution in [2.45, 2.75) is 26.4 Å². The van der Waals surface area contributed by atoms with Crippen LogP contribution < -0.4 is 15.4 Å². The summed E-state index contributed by atoms with van der Waals surface area (Å²) >= 11 is 5.22. The first-order valence-electron chi connectivity index (χ1n) is 9.64. The first-order valence-corrected chi connectivity index (χ1v) is 10.0. The topological polar surface area (TPSA) is 70.6 Å². The van der Waals surface area contributed by atoms with Crippen LogP contribution in [0.15, 0.2) is 72.8 Å². The highest BCUT2D eigenvalue weighted by atomic mass is 32.1. The highest BCUT2D eigenvalue weighted by Gasteiger charge is 2.11. The Balaban J connectivity index is 1.56. The Kier molecular flexibility index (Phi) is 7.03. The standard InChI is InChI=1S/C24H24N2O3S/c1-16(2)19-10-13-22(27)21(14-19)25-24(30)26-23(28)18-8-11-20(12-9-18)29-15-17-6-4-3-5-7-17/h3-14,16,27H,15H2,1-2H3,(H2,25,26,28,30). The van der Waals surface area contributed by atoms with Crippen molar-refractivity contribution >= 4 is 28.9 Å². The highest BCUT2D eigenvalue weighted by molar-refractivity contribution is 7.80. The lowest BCUT2D eigenvalue weighted by Crippen LogP contribution is -2.34. The van der Waals surface area contributed by atoms with Crippen molar-refractivity contribution in [3.63, 3.8) is 0 Å². The number of phenols is 1. The number of benzene rings is 3. The minimum absolute atomic E-state index is 0.0657. The van der Waals surface area contributed by atoms with Crippen LogP contribution in [0.4, 0.5) is 5.69 Å². The molecule has 30 heavy (non-hydrogen) atoms. The zero-order chi connectivity index (χ0) is 21.5. The lowest BCUT2D eigenvalue weighted by Gasteiger charge is -2.14. The van der Waals surface area contributed by atoms with Gasteiger partial charge in [0.1, 0.15) is 18.1 Å². The second-order valence-electron chi connectivity index (χ2n) is 7.14. The number of hydrogen-bond acceptors (Lipinski definition) is 4. The van der Waals surface area contributed by atoms with E-state index in [4.69, 9.17) is 17.0 Å². The largest absolute Gasteiger partial charge is 0.506 e. The summed E-state index contributed by atoms with van der Waals surface area (Å²) in [4.78, 5) is 12.5. The van der Waals surface area contributed by atoms with Crippen molar-refractivity contribution in [3.05, 3.63) is 89.5 Å². The third-order valence-electron chi connectivity index (χ3n) is 4.53. The Bertz CT molecular complexity index is 1020. The Morgan fingerprint density at radius 2 is 1.73 bits per heavy atom. The van der Waals surface area contributed by atoms with Crippen molar-refractivity contribution < 1.29 is 14.6 Å². The minimum atomic E-state index is -0.346. The second-order valence-corrected chi connectivity index (χ2v) is 7.55. The monoisotopic (exact) mass is 420 g/mol. The fourth-order valence-electron chi connectivity index (χ4n) is 2.79. The molecule has 0 aromatic heterocycles. The maximum atomic E-state index is 12.5. The summed E-state index contributed by atoms with van der Waals surface area (Å²) in [6.07, 6.45) is 0. The highest BCUT2D eigenvalue weighted by Crippen LogP contribution is 2.27. The van der Waals surface area contributed by atoms with Gasteiger partial charge in [-0.25, -0.2) is 0 Å². The van der Waals surface area contributed by atoms with E-state index in [1.54, 1.807) is 30.3 Å². The Hall–Kier alpha value is -3.38. The van der Waals surface area contributed by atoms with Crippen molar-refractivity contribution in [3.8, 4) is 11.5 Å². The molecular weight excluding hydrogens is 396 g/mol. The number of aromatic hydroxyl groups is 1. The molecule has 0 aliphatic rings. The molecule has 0 unspecified atom stereocenters. The molecule has 3 aromatic carbocycles. The van der Waals surface area contributed by atoms with Crippen molar-refractivity contribution in [1.82, 2.24) is 5.32 Å². The van der Waals surface area contributed by atoms with Crippen LogP contribution in [0.2, 0.25) is 0 Å². The summed E-state index contributed by atoms with van der Waals surface area (Å²) in [5.74, 6) is 0.695. The average Bonchev–Trinajstić information content (AvgIpc) is 2.74. The van der Waals surface area contributed by atoms with Crippen LogP contribution in [0.1, 0.15) is 41.3 Å². The molecule has 0 heterocycles. The van der Waals surface area contributed by atoms with E-state index in [1.807, 2.05) is 42.5 Å². The molecule has 154 valence electrons. The molecule has 0 saturated heterocycles. The van der Waals surface area contributed by atoms with E-state index in [1.165, 1.54) is 0 Å². The van der Waals surface area contributed by atoms with Gasteiger partial charge in [0.15, 0.2) is 5.11 Å². The molecule has 5 nitrogen and oxygen atoms in total. The van der Waals surface area contributed by atoms with Gasteiger partial charge in [-0.15, -0.1) is 0 Å². The number of amides is 1. The number of ether oxygens (including phenoxy) is 1. The molecule has 3 rings (SSSR count). The summed E-state index contributed by atoms with van der Waals surface area (Å²) in [7, 11) is 0. The molecule has 1 amide bonds. The predicted octanol–water partition coefficient (Wildman–Crippen LogP) is 5.22. The zero-order valence-corrected chi connectivity index (χ0v) is 17.7. The minimum Gasteiger partial charge on any atom is -0.506 e. The fourth-order valence-corrected chi connectivity index (χ4v) is 2.99. The number of hydrogen-bond donors (Lipinski definition) is 3. The van der Waals surface area contributed by atoms with Crippen molar-refractivity contribution in [2.75, 3.05) is 5.32 Å². The molecule has 3 aromatic rings. The zero-order valence-electron chi connectivity index (χ0n) is 16.9. The molecule has 0 aliphatic heterocycles. The number of carbonyl (C=O) groups excluding carboxylic acids is 1. The van der Waals surface area contributed by atoms with E-state index in [-0.39, 0.29) is 16.8 Å². The van der Waals surface area contributed by atoms with Gasteiger partial charge in [-0.2, -0.15) is 0 Å². The maximum Gasteiger partial charge on any atom is 0.257 e. The van der Waals surface area contributed by atoms with E-state index in [0.717, 1.165) is 11.1 Å². The number of phenolic OH excluding ortho intramolecular Hbond substituents is 1. The van der Waals surface area contributed by atoms with E-state index < -0.39 is 0 Å². The molecule has 0 aliphatic carbocycles. The summed E-state index contributed by atoms with van der Waals surface area (Å²) in [5, 5.41) is 15.7. The van der Waals surface area contributed by atoms with Gasteiger partial charge < -0.3 is 15.2 Å². The van der Waals surface area contributed by atoms with Crippen molar-refractivity contribution in [2.24, 2.45) is 0 Å². The molecule has 3 N–H and O–H groups in total. The Morgan fingerprint density at radius 3 is 2.40 bits per heavy atom. The van der Waals surface area contributed by atoms with Crippen molar-refractivity contribution in [1.29, 1.82) is 0 Å². The lowest BCUT2D eigenvalue weighted by atomic mass is 10.0. The van der Waals surface area contributed by atoms with Gasteiger partial charge in [0.25, 0.3) is 5.91 Å². The van der Waals surface area contributed by atoms with Crippen LogP contribution in [0.5, 0.6) is 11.5 Å². The maximum absolute atomic E-state index is 12.5. The van der Waals surface area contributed by atoms with Crippen LogP contribution in [-0.4, -0.2) is 16.1 Å². The molecule has 0 atom stereocenters. The molecule has 0 bridgehead atoms. The lowest BCUT2D eigenvalue weighted by molar-refractivity contribution is 0.0977. The van der Waals surface area contributed by atoms with Gasteiger partial charge in [-0.3, -0.25) is 10.1 Å². The third-order valence-corrected chi connectivity index (χ3v) is 4.73. The van der Waals surface area contributed by atoms with Crippen LogP contribution >= 0.6 is 12.2 Å². The first kappa shape index (κ1) is 21.3. The number of thiocarbonyl (C=S) groups is 1. The first-order chi connectivity index (χ1) is 14.4. The van der Waals surface area contributed by atoms with Gasteiger partial charge >= 0.3 is 0 Å². The predicted molar refractivity (Wildman–Crippen MR) is 123 cm³/mol. The Labute approximate surface area is 181 Å². The smallest absolute Gasteiger partial charge is 0.257 e. The molecular formula is C24H24N2O3S. The van der Waals surface area contributed by atoms with E-state index in [9.17, 15) is 9.90 Å². The van der Waals surface area contributed by atoms with Gasteiger partial charge in [0, 0.05) is 5.56 Å². The van der Waals surface area contributed by atoms with E-state index in [0.29, 0.717) is 29.5 Å². The molecule has 0 spiro atoms. The fraction of sp³-hybridized carbons (Fsp3) is 0.167. The summed E-state index contributed by atoms with van der Waals surface area (Å²) in [6.45, 7) is 4.58. The molecule has 0 fully saturated rings. The molecule has 0 radical (unpaired) electrons. The second kappa shape index (κ2) is 9.89. The van der Waals surface area contributed by atoms with Gasteiger partial charge in [-0.1, -0.05) is 50.2 Å². The van der Waals surface area contributed by atoms with Crippen LogP contribution in [0.3, 0.4) is 0 Å². The van der Waals surface area contributed by atoms with Gasteiger partial charge in [0.2, 0.25) is 0 Å². The number of carbonyl (C=O) groups is 1. The SMILES string of the molecule is CC(C)c1ccc(O)c(NC(=S)NC(=O)c2ccc(OCc3ccccc3)cc2)c1. The molecule has 0 saturated carbocycles. The van der Waals surface area contributed by atoms with Crippen LogP contribution in [0, 0.1) is 0 Å². The normalized spacial score (nSPS) is 10.5. The third kappa shape index (κ3) is 5.81. The quantitative estimate of drug-likeness (QED) is 0.377. The van der Waals surface area contributed by atoms with Crippen LogP contribution in [-0.2, 0) is 6.61 Å². The van der Waals surface area contributed by atoms with Crippen LogP contribution in [0.25, 0.3) is 0 Å². The summed E-state index contributed by atoms with van der Waals surface area (Å²) in [6, 6.07) is 22.0. The van der Waals surface area contributed by atoms with E-state index in [2.05, 4.69) is 24.5 Å². The number of anilines is 1. The Morgan fingerprint density at radius 1 is 1.03 bits per heavy atom. The molecule has 6 heteroatoms. The number of nitrogens with one attached hydrogen (secondary N) is 2. The average molecular weight is 421 g/mol. The van der Waals surface area contributed by atoms with E-state index >= 15 is 0 Å².